The Hall–Kier alpha value is -0.870. The normalized spacial score (nSPS) is 29.5. The summed E-state index contributed by atoms with van der Waals surface area (Å²) in [6, 6.07) is 3.65. The minimum absolute atomic E-state index is 0.698. The van der Waals surface area contributed by atoms with Crippen LogP contribution in [0.25, 0.3) is 0 Å². The van der Waals surface area contributed by atoms with Gasteiger partial charge in [0, 0.05) is 31.9 Å². The van der Waals surface area contributed by atoms with Crippen molar-refractivity contribution in [2.45, 2.75) is 44.3 Å². The summed E-state index contributed by atoms with van der Waals surface area (Å²) in [6.07, 6.45) is 7.31. The fourth-order valence-electron chi connectivity index (χ4n) is 3.23. The summed E-state index contributed by atoms with van der Waals surface area (Å²) < 4.78 is 1.96. The van der Waals surface area contributed by atoms with Gasteiger partial charge in [0.15, 0.2) is 0 Å². The van der Waals surface area contributed by atoms with E-state index >= 15 is 0 Å². The fourth-order valence-corrected chi connectivity index (χ4v) is 3.23. The number of fused-ring (bicyclic) bond motifs is 1. The molecule has 4 heteroatoms. The van der Waals surface area contributed by atoms with Gasteiger partial charge in [0.05, 0.1) is 5.69 Å². The minimum atomic E-state index is 0.698. The molecule has 2 unspecified atom stereocenters. The van der Waals surface area contributed by atoms with E-state index < -0.39 is 0 Å². The summed E-state index contributed by atoms with van der Waals surface area (Å²) in [5.74, 6) is 0. The van der Waals surface area contributed by atoms with Crippen LogP contribution in [0.15, 0.2) is 12.3 Å². The van der Waals surface area contributed by atoms with Gasteiger partial charge in [-0.3, -0.25) is 4.68 Å². The smallest absolute Gasteiger partial charge is 0.0518 e. The Kier molecular flexibility index (Phi) is 3.16. The molecule has 2 fully saturated rings. The second kappa shape index (κ2) is 4.78. The van der Waals surface area contributed by atoms with Gasteiger partial charge in [0.2, 0.25) is 0 Å². The second-order valence-corrected chi connectivity index (χ2v) is 5.38. The van der Waals surface area contributed by atoms with E-state index in [2.05, 4.69) is 21.4 Å². The standard InChI is InChI=1S/C13H22N4/c1-16-13(4-6-15-16)10-14-11-5-8-17-7-2-3-12(17)9-11/h4,6,11-12,14H,2-3,5,7-10H2,1H3. The molecule has 3 heterocycles. The lowest BCUT2D eigenvalue weighted by molar-refractivity contribution is 0.166. The topological polar surface area (TPSA) is 33.1 Å². The van der Waals surface area contributed by atoms with Crippen LogP contribution < -0.4 is 5.32 Å². The van der Waals surface area contributed by atoms with E-state index in [0.717, 1.165) is 12.6 Å². The van der Waals surface area contributed by atoms with E-state index in [-0.39, 0.29) is 0 Å². The van der Waals surface area contributed by atoms with Gasteiger partial charge in [-0.2, -0.15) is 5.10 Å². The molecule has 2 atom stereocenters. The maximum atomic E-state index is 4.20. The van der Waals surface area contributed by atoms with Crippen molar-refractivity contribution in [2.24, 2.45) is 7.05 Å². The van der Waals surface area contributed by atoms with Crippen LogP contribution in [-0.4, -0.2) is 39.9 Å². The molecule has 2 aliphatic heterocycles. The average Bonchev–Trinajstić information content (AvgIpc) is 2.94. The summed E-state index contributed by atoms with van der Waals surface area (Å²) >= 11 is 0. The van der Waals surface area contributed by atoms with Crippen molar-refractivity contribution in [3.8, 4) is 0 Å². The molecule has 94 valence electrons. The van der Waals surface area contributed by atoms with Crippen LogP contribution in [-0.2, 0) is 13.6 Å². The maximum absolute atomic E-state index is 4.20. The zero-order valence-electron chi connectivity index (χ0n) is 10.6. The molecule has 2 aliphatic rings. The van der Waals surface area contributed by atoms with E-state index in [1.165, 1.54) is 44.5 Å². The SMILES string of the molecule is Cn1nccc1CNC1CCN2CCCC2C1. The zero-order chi connectivity index (χ0) is 11.7. The van der Waals surface area contributed by atoms with Crippen molar-refractivity contribution >= 4 is 0 Å². The number of nitrogens with one attached hydrogen (secondary N) is 1. The molecule has 0 amide bonds. The van der Waals surface area contributed by atoms with Crippen molar-refractivity contribution in [2.75, 3.05) is 13.1 Å². The van der Waals surface area contributed by atoms with Gasteiger partial charge in [-0.05, 0) is 44.8 Å². The average molecular weight is 234 g/mol. The molecule has 0 spiro atoms. The molecule has 4 nitrogen and oxygen atoms in total. The highest BCUT2D eigenvalue weighted by atomic mass is 15.3. The largest absolute Gasteiger partial charge is 0.308 e. The summed E-state index contributed by atoms with van der Waals surface area (Å²) in [5.41, 5.74) is 1.28. The lowest BCUT2D eigenvalue weighted by Gasteiger charge is -2.35. The molecule has 2 saturated heterocycles. The third-order valence-corrected chi connectivity index (χ3v) is 4.31. The molecule has 1 N–H and O–H groups in total. The van der Waals surface area contributed by atoms with Crippen LogP contribution in [0.3, 0.4) is 0 Å². The van der Waals surface area contributed by atoms with Gasteiger partial charge in [-0.1, -0.05) is 0 Å². The van der Waals surface area contributed by atoms with Gasteiger partial charge < -0.3 is 10.2 Å². The van der Waals surface area contributed by atoms with Crippen LogP contribution in [0.2, 0.25) is 0 Å². The highest BCUT2D eigenvalue weighted by Gasteiger charge is 2.31. The number of hydrogen-bond donors (Lipinski definition) is 1. The van der Waals surface area contributed by atoms with E-state index in [1.807, 2.05) is 17.9 Å². The Morgan fingerprint density at radius 1 is 1.41 bits per heavy atom. The van der Waals surface area contributed by atoms with E-state index in [9.17, 15) is 0 Å². The van der Waals surface area contributed by atoms with Crippen molar-refractivity contribution in [1.29, 1.82) is 0 Å². The summed E-state index contributed by atoms with van der Waals surface area (Å²) in [7, 11) is 2.01. The number of aromatic nitrogens is 2. The Balaban J connectivity index is 1.51. The quantitative estimate of drug-likeness (QED) is 0.851. The number of aryl methyl sites for hydroxylation is 1. The van der Waals surface area contributed by atoms with Gasteiger partial charge in [0.25, 0.3) is 0 Å². The van der Waals surface area contributed by atoms with Crippen LogP contribution in [0.1, 0.15) is 31.4 Å². The predicted molar refractivity (Wildman–Crippen MR) is 67.7 cm³/mol. The highest BCUT2D eigenvalue weighted by Crippen LogP contribution is 2.26. The number of hydrogen-bond acceptors (Lipinski definition) is 3. The lowest BCUT2D eigenvalue weighted by atomic mass is 9.97. The predicted octanol–water partition coefficient (Wildman–Crippen LogP) is 1.14. The fraction of sp³-hybridized carbons (Fsp3) is 0.769. The Morgan fingerprint density at radius 3 is 3.18 bits per heavy atom. The second-order valence-electron chi connectivity index (χ2n) is 5.38. The van der Waals surface area contributed by atoms with Gasteiger partial charge in [0.1, 0.15) is 0 Å². The van der Waals surface area contributed by atoms with Gasteiger partial charge in [-0.15, -0.1) is 0 Å². The lowest BCUT2D eigenvalue weighted by Crippen LogP contribution is -2.45. The van der Waals surface area contributed by atoms with E-state index in [0.29, 0.717) is 6.04 Å². The maximum Gasteiger partial charge on any atom is 0.0518 e. The molecule has 0 aromatic carbocycles. The van der Waals surface area contributed by atoms with Crippen molar-refractivity contribution in [3.63, 3.8) is 0 Å². The summed E-state index contributed by atoms with van der Waals surface area (Å²) in [5, 5.41) is 7.89. The minimum Gasteiger partial charge on any atom is -0.308 e. The van der Waals surface area contributed by atoms with Crippen LogP contribution in [0, 0.1) is 0 Å². The van der Waals surface area contributed by atoms with Crippen LogP contribution in [0.4, 0.5) is 0 Å². The molecule has 1 aromatic heterocycles. The van der Waals surface area contributed by atoms with Crippen molar-refractivity contribution in [3.05, 3.63) is 18.0 Å². The summed E-state index contributed by atoms with van der Waals surface area (Å²) in [6.45, 7) is 3.57. The molecule has 0 radical (unpaired) electrons. The van der Waals surface area contributed by atoms with Gasteiger partial charge in [-0.25, -0.2) is 0 Å². The first kappa shape index (κ1) is 11.2. The third-order valence-electron chi connectivity index (χ3n) is 4.31. The first-order valence-electron chi connectivity index (χ1n) is 6.77. The molecule has 0 saturated carbocycles. The molecule has 3 rings (SSSR count). The van der Waals surface area contributed by atoms with Crippen molar-refractivity contribution in [1.82, 2.24) is 20.0 Å². The van der Waals surface area contributed by atoms with E-state index in [4.69, 9.17) is 0 Å². The van der Waals surface area contributed by atoms with Crippen LogP contribution in [0.5, 0.6) is 0 Å². The highest BCUT2D eigenvalue weighted by molar-refractivity contribution is 5.00. The Morgan fingerprint density at radius 2 is 2.35 bits per heavy atom. The molecule has 0 bridgehead atoms. The number of rotatable bonds is 3. The van der Waals surface area contributed by atoms with E-state index in [1.54, 1.807) is 0 Å². The first-order valence-corrected chi connectivity index (χ1v) is 6.77. The van der Waals surface area contributed by atoms with Crippen molar-refractivity contribution < 1.29 is 0 Å². The third kappa shape index (κ3) is 2.38. The molecule has 1 aromatic rings. The number of nitrogens with zero attached hydrogens (tertiary/aromatic N) is 3. The van der Waals surface area contributed by atoms with Gasteiger partial charge >= 0.3 is 0 Å². The summed E-state index contributed by atoms with van der Waals surface area (Å²) in [4.78, 5) is 2.67. The molecular formula is C13H22N4. The first-order chi connectivity index (χ1) is 8.33. The monoisotopic (exact) mass is 234 g/mol. The Bertz CT molecular complexity index is 373. The number of piperidine rings is 1. The molecular weight excluding hydrogens is 212 g/mol. The van der Waals surface area contributed by atoms with Crippen LogP contribution >= 0.6 is 0 Å². The molecule has 0 aliphatic carbocycles. The zero-order valence-corrected chi connectivity index (χ0v) is 10.6. The Labute approximate surface area is 103 Å². The molecule has 17 heavy (non-hydrogen) atoms.